The van der Waals surface area contributed by atoms with Gasteiger partial charge in [-0.25, -0.2) is 5.48 Å². The van der Waals surface area contributed by atoms with Crippen molar-refractivity contribution in [3.05, 3.63) is 48.5 Å². The molecule has 2 rings (SSSR count). The number of aromatic nitrogens is 1. The Kier molecular flexibility index (Phi) is 1.78. The van der Waals surface area contributed by atoms with Gasteiger partial charge in [0.05, 0.1) is 11.4 Å². The molecule has 2 heterocycles. The van der Waals surface area contributed by atoms with E-state index in [4.69, 9.17) is 4.84 Å². The molecule has 0 aromatic carbocycles. The minimum absolute atomic E-state index is 0.873. The van der Waals surface area contributed by atoms with Gasteiger partial charge in [0, 0.05) is 6.20 Å². The van der Waals surface area contributed by atoms with Gasteiger partial charge >= 0.3 is 0 Å². The summed E-state index contributed by atoms with van der Waals surface area (Å²) in [5.41, 5.74) is 4.50. The van der Waals surface area contributed by atoms with Crippen molar-refractivity contribution in [1.82, 2.24) is 10.5 Å². The SMILES string of the molecule is C1=CONC(c2ccccn2)=C1. The lowest BCUT2D eigenvalue weighted by atomic mass is 10.2. The highest BCUT2D eigenvalue weighted by Crippen LogP contribution is 2.09. The maximum atomic E-state index is 4.90. The first-order valence-electron chi connectivity index (χ1n) is 3.67. The number of hydrogen-bond donors (Lipinski definition) is 1. The first-order chi connectivity index (χ1) is 5.97. The van der Waals surface area contributed by atoms with E-state index in [0.29, 0.717) is 0 Å². The molecule has 0 atom stereocenters. The summed E-state index contributed by atoms with van der Waals surface area (Å²) >= 11 is 0. The Morgan fingerprint density at radius 1 is 1.33 bits per heavy atom. The van der Waals surface area contributed by atoms with Crippen LogP contribution in [0, 0.1) is 0 Å². The van der Waals surface area contributed by atoms with Gasteiger partial charge in [0.1, 0.15) is 6.26 Å². The highest BCUT2D eigenvalue weighted by atomic mass is 16.6. The van der Waals surface area contributed by atoms with Crippen LogP contribution in [-0.2, 0) is 4.84 Å². The van der Waals surface area contributed by atoms with Gasteiger partial charge in [-0.3, -0.25) is 4.98 Å². The van der Waals surface area contributed by atoms with Crippen LogP contribution in [0.15, 0.2) is 42.8 Å². The molecule has 0 radical (unpaired) electrons. The first kappa shape index (κ1) is 6.91. The van der Waals surface area contributed by atoms with Crippen LogP contribution in [0.1, 0.15) is 5.69 Å². The third-order valence-corrected chi connectivity index (χ3v) is 1.52. The lowest BCUT2D eigenvalue weighted by Gasteiger charge is -2.10. The predicted octanol–water partition coefficient (Wildman–Crippen LogP) is 1.47. The molecule has 12 heavy (non-hydrogen) atoms. The maximum Gasteiger partial charge on any atom is 0.119 e. The molecular weight excluding hydrogens is 152 g/mol. The lowest BCUT2D eigenvalue weighted by Crippen LogP contribution is -2.12. The van der Waals surface area contributed by atoms with Gasteiger partial charge in [-0.05, 0) is 24.3 Å². The summed E-state index contributed by atoms with van der Waals surface area (Å²) in [6, 6.07) is 5.73. The van der Waals surface area contributed by atoms with Crippen LogP contribution in [-0.4, -0.2) is 4.98 Å². The predicted molar refractivity (Wildman–Crippen MR) is 45.6 cm³/mol. The molecule has 1 aliphatic rings. The zero-order valence-electron chi connectivity index (χ0n) is 6.40. The van der Waals surface area contributed by atoms with Gasteiger partial charge in [0.25, 0.3) is 0 Å². The van der Waals surface area contributed by atoms with Crippen molar-refractivity contribution in [3.8, 4) is 0 Å². The van der Waals surface area contributed by atoms with E-state index in [9.17, 15) is 0 Å². The molecule has 0 bridgehead atoms. The summed E-state index contributed by atoms with van der Waals surface area (Å²) in [4.78, 5) is 9.06. The molecule has 60 valence electrons. The highest BCUT2D eigenvalue weighted by molar-refractivity contribution is 5.61. The van der Waals surface area contributed by atoms with Crippen LogP contribution in [0.25, 0.3) is 5.70 Å². The molecule has 0 saturated carbocycles. The van der Waals surface area contributed by atoms with E-state index in [1.54, 1.807) is 12.5 Å². The largest absolute Gasteiger partial charge is 0.390 e. The molecule has 3 nitrogen and oxygen atoms in total. The van der Waals surface area contributed by atoms with Crippen LogP contribution < -0.4 is 5.48 Å². The van der Waals surface area contributed by atoms with Crippen molar-refractivity contribution in [2.24, 2.45) is 0 Å². The third-order valence-electron chi connectivity index (χ3n) is 1.52. The Balaban J connectivity index is 2.31. The van der Waals surface area contributed by atoms with E-state index < -0.39 is 0 Å². The molecule has 0 aliphatic carbocycles. The first-order valence-corrected chi connectivity index (χ1v) is 3.67. The molecular formula is C9H8N2O. The minimum Gasteiger partial charge on any atom is -0.390 e. The quantitative estimate of drug-likeness (QED) is 0.675. The van der Waals surface area contributed by atoms with Crippen LogP contribution in [0.2, 0.25) is 0 Å². The molecule has 3 heteroatoms. The normalized spacial score (nSPS) is 14.5. The van der Waals surface area contributed by atoms with Gasteiger partial charge in [-0.2, -0.15) is 0 Å². The van der Waals surface area contributed by atoms with E-state index in [1.807, 2.05) is 30.4 Å². The van der Waals surface area contributed by atoms with Crippen LogP contribution in [0.4, 0.5) is 0 Å². The fourth-order valence-corrected chi connectivity index (χ4v) is 0.966. The van der Waals surface area contributed by atoms with Crippen molar-refractivity contribution >= 4 is 5.70 Å². The fourth-order valence-electron chi connectivity index (χ4n) is 0.966. The standard InChI is InChI=1S/C9H8N2O/c1-2-6-10-8(4-1)9-5-3-7-12-11-9/h1-7,11H. The van der Waals surface area contributed by atoms with E-state index in [2.05, 4.69) is 10.5 Å². The van der Waals surface area contributed by atoms with Gasteiger partial charge in [-0.15, -0.1) is 0 Å². The summed E-state index contributed by atoms with van der Waals surface area (Å²) in [5.74, 6) is 0. The second-order valence-corrected chi connectivity index (χ2v) is 2.34. The molecule has 0 spiro atoms. The average Bonchev–Trinajstić information content (AvgIpc) is 2.21. The van der Waals surface area contributed by atoms with E-state index in [0.717, 1.165) is 11.4 Å². The van der Waals surface area contributed by atoms with E-state index in [1.165, 1.54) is 0 Å². The number of rotatable bonds is 1. The third kappa shape index (κ3) is 1.29. The average molecular weight is 160 g/mol. The van der Waals surface area contributed by atoms with Crippen molar-refractivity contribution in [3.63, 3.8) is 0 Å². The number of allylic oxidation sites excluding steroid dienone is 2. The van der Waals surface area contributed by atoms with Crippen LogP contribution in [0.3, 0.4) is 0 Å². The van der Waals surface area contributed by atoms with Crippen molar-refractivity contribution < 1.29 is 4.84 Å². The van der Waals surface area contributed by atoms with Gasteiger partial charge in [0.15, 0.2) is 0 Å². The van der Waals surface area contributed by atoms with Gasteiger partial charge < -0.3 is 4.84 Å². The molecule has 0 fully saturated rings. The summed E-state index contributed by atoms with van der Waals surface area (Å²) in [6.07, 6.45) is 7.05. The lowest BCUT2D eigenvalue weighted by molar-refractivity contribution is 0.181. The van der Waals surface area contributed by atoms with Crippen molar-refractivity contribution in [1.29, 1.82) is 0 Å². The Labute approximate surface area is 70.3 Å². The van der Waals surface area contributed by atoms with E-state index >= 15 is 0 Å². The molecule has 0 unspecified atom stereocenters. The summed E-state index contributed by atoms with van der Waals surface area (Å²) in [5, 5.41) is 0. The topological polar surface area (TPSA) is 34.1 Å². The van der Waals surface area contributed by atoms with E-state index in [-0.39, 0.29) is 0 Å². The Morgan fingerprint density at radius 3 is 3.00 bits per heavy atom. The molecule has 1 aromatic rings. The second-order valence-electron chi connectivity index (χ2n) is 2.34. The Bertz CT molecular complexity index is 317. The molecule has 1 aliphatic heterocycles. The highest BCUT2D eigenvalue weighted by Gasteiger charge is 2.02. The Hall–Kier alpha value is -1.77. The summed E-state index contributed by atoms with van der Waals surface area (Å²) in [6.45, 7) is 0. The number of nitrogens with zero attached hydrogens (tertiary/aromatic N) is 1. The number of hydroxylamine groups is 1. The van der Waals surface area contributed by atoms with Crippen LogP contribution in [0.5, 0.6) is 0 Å². The number of nitrogens with one attached hydrogen (secondary N) is 1. The Morgan fingerprint density at radius 2 is 2.33 bits per heavy atom. The zero-order valence-corrected chi connectivity index (χ0v) is 6.40. The van der Waals surface area contributed by atoms with Crippen molar-refractivity contribution in [2.45, 2.75) is 0 Å². The second kappa shape index (κ2) is 3.09. The van der Waals surface area contributed by atoms with Crippen LogP contribution >= 0.6 is 0 Å². The molecule has 1 aromatic heterocycles. The summed E-state index contributed by atoms with van der Waals surface area (Å²) < 4.78 is 0. The molecule has 1 N–H and O–H groups in total. The molecule has 0 saturated heterocycles. The summed E-state index contributed by atoms with van der Waals surface area (Å²) in [7, 11) is 0. The smallest absolute Gasteiger partial charge is 0.119 e. The van der Waals surface area contributed by atoms with Gasteiger partial charge in [0.2, 0.25) is 0 Å². The fraction of sp³-hybridized carbons (Fsp3) is 0. The number of hydrogen-bond acceptors (Lipinski definition) is 3. The monoisotopic (exact) mass is 160 g/mol. The molecule has 0 amide bonds. The number of pyridine rings is 1. The van der Waals surface area contributed by atoms with Gasteiger partial charge in [-0.1, -0.05) is 6.07 Å². The maximum absolute atomic E-state index is 4.90. The van der Waals surface area contributed by atoms with Crippen molar-refractivity contribution in [2.75, 3.05) is 0 Å². The minimum atomic E-state index is 0.873. The zero-order chi connectivity index (χ0) is 8.23.